The number of carbonyl (C=O) groups is 1. The number of fused-ring (bicyclic) bond motifs is 1. The van der Waals surface area contributed by atoms with E-state index in [1.165, 1.54) is 6.42 Å². The van der Waals surface area contributed by atoms with Crippen molar-refractivity contribution < 1.29 is 9.90 Å². The molecule has 0 radical (unpaired) electrons. The molecule has 0 bridgehead atoms. The van der Waals surface area contributed by atoms with Crippen LogP contribution in [0.3, 0.4) is 0 Å². The van der Waals surface area contributed by atoms with E-state index in [1.807, 2.05) is 6.92 Å². The number of aryl methyl sites for hydroxylation is 1. The Morgan fingerprint density at radius 3 is 2.90 bits per heavy atom. The molecule has 0 aromatic heterocycles. The third-order valence-corrected chi connectivity index (χ3v) is 4.76. The third kappa shape index (κ3) is 2.66. The summed E-state index contributed by atoms with van der Waals surface area (Å²) in [6.07, 6.45) is 3.33. The maximum absolute atomic E-state index is 12.2. The summed E-state index contributed by atoms with van der Waals surface area (Å²) in [7, 11) is 0. The highest BCUT2D eigenvalue weighted by molar-refractivity contribution is 5.94. The molecule has 20 heavy (non-hydrogen) atoms. The molecule has 1 saturated heterocycles. The molecule has 1 aliphatic heterocycles. The van der Waals surface area contributed by atoms with Gasteiger partial charge < -0.3 is 15.7 Å². The molecule has 3 rings (SSSR count). The molecule has 4 heteroatoms. The molecule has 1 aliphatic carbocycles. The maximum atomic E-state index is 12.2. The Balaban J connectivity index is 1.62. The van der Waals surface area contributed by atoms with Gasteiger partial charge in [0.1, 0.15) is 5.75 Å². The average Bonchev–Trinajstić information content (AvgIpc) is 2.89. The van der Waals surface area contributed by atoms with E-state index >= 15 is 0 Å². The van der Waals surface area contributed by atoms with Crippen molar-refractivity contribution in [3.05, 3.63) is 29.3 Å². The number of amides is 1. The first kappa shape index (κ1) is 13.4. The van der Waals surface area contributed by atoms with Gasteiger partial charge in [0.05, 0.1) is 0 Å². The number of hydrogen-bond donors (Lipinski definition) is 3. The standard InChI is InChI=1S/C16H22N2O2/c1-10-2-3-11(7-15(10)19)16(20)18-14-5-4-12-8-17-9-13(12)6-14/h2-3,7,12-14,17,19H,4-6,8-9H2,1H3,(H,18,20)/t12-,13+,14?/m0/s1. The minimum Gasteiger partial charge on any atom is -0.508 e. The van der Waals surface area contributed by atoms with Crippen LogP contribution in [-0.2, 0) is 0 Å². The number of aromatic hydroxyl groups is 1. The van der Waals surface area contributed by atoms with Crippen LogP contribution in [0.5, 0.6) is 5.75 Å². The summed E-state index contributed by atoms with van der Waals surface area (Å²) in [5.41, 5.74) is 1.33. The second-order valence-corrected chi connectivity index (χ2v) is 6.16. The Bertz CT molecular complexity index is 515. The van der Waals surface area contributed by atoms with Gasteiger partial charge in [-0.3, -0.25) is 4.79 Å². The summed E-state index contributed by atoms with van der Waals surface area (Å²) in [6, 6.07) is 5.37. The van der Waals surface area contributed by atoms with Crippen molar-refractivity contribution in [1.29, 1.82) is 0 Å². The first-order chi connectivity index (χ1) is 9.63. The van der Waals surface area contributed by atoms with Crippen LogP contribution in [0.15, 0.2) is 18.2 Å². The van der Waals surface area contributed by atoms with E-state index in [4.69, 9.17) is 0 Å². The van der Waals surface area contributed by atoms with Gasteiger partial charge in [-0.1, -0.05) is 6.07 Å². The lowest BCUT2D eigenvalue weighted by Gasteiger charge is -2.31. The molecular formula is C16H22N2O2. The van der Waals surface area contributed by atoms with Crippen molar-refractivity contribution in [3.63, 3.8) is 0 Å². The van der Waals surface area contributed by atoms with Crippen LogP contribution in [0, 0.1) is 18.8 Å². The van der Waals surface area contributed by atoms with Gasteiger partial charge >= 0.3 is 0 Å². The van der Waals surface area contributed by atoms with Crippen LogP contribution in [-0.4, -0.2) is 30.1 Å². The molecular weight excluding hydrogens is 252 g/mol. The Morgan fingerprint density at radius 1 is 1.30 bits per heavy atom. The highest BCUT2D eigenvalue weighted by atomic mass is 16.3. The van der Waals surface area contributed by atoms with Crippen LogP contribution in [0.2, 0.25) is 0 Å². The summed E-state index contributed by atoms with van der Waals surface area (Å²) >= 11 is 0. The van der Waals surface area contributed by atoms with Gasteiger partial charge in [0.25, 0.3) is 5.91 Å². The lowest BCUT2D eigenvalue weighted by Crippen LogP contribution is -2.40. The van der Waals surface area contributed by atoms with E-state index in [9.17, 15) is 9.90 Å². The Labute approximate surface area is 119 Å². The lowest BCUT2D eigenvalue weighted by atomic mass is 9.79. The second kappa shape index (κ2) is 5.44. The Hall–Kier alpha value is -1.55. The number of phenols is 1. The zero-order chi connectivity index (χ0) is 14.1. The van der Waals surface area contributed by atoms with E-state index < -0.39 is 0 Å². The van der Waals surface area contributed by atoms with Gasteiger partial charge in [0, 0.05) is 11.6 Å². The normalized spacial score (nSPS) is 28.9. The van der Waals surface area contributed by atoms with Gasteiger partial charge in [0.15, 0.2) is 0 Å². The molecule has 1 heterocycles. The summed E-state index contributed by atoms with van der Waals surface area (Å²) in [6.45, 7) is 4.05. The smallest absolute Gasteiger partial charge is 0.251 e. The highest BCUT2D eigenvalue weighted by Crippen LogP contribution is 2.32. The predicted octanol–water partition coefficient (Wildman–Crippen LogP) is 1.82. The van der Waals surface area contributed by atoms with E-state index in [2.05, 4.69) is 10.6 Å². The first-order valence-electron chi connectivity index (χ1n) is 7.44. The molecule has 4 nitrogen and oxygen atoms in total. The first-order valence-corrected chi connectivity index (χ1v) is 7.44. The fourth-order valence-corrected chi connectivity index (χ4v) is 3.45. The minimum atomic E-state index is -0.0743. The second-order valence-electron chi connectivity index (χ2n) is 6.16. The summed E-state index contributed by atoms with van der Waals surface area (Å²) in [5.74, 6) is 1.61. The summed E-state index contributed by atoms with van der Waals surface area (Å²) < 4.78 is 0. The molecule has 3 N–H and O–H groups in total. The van der Waals surface area contributed by atoms with Crippen LogP contribution >= 0.6 is 0 Å². The number of hydrogen-bond acceptors (Lipinski definition) is 3. The predicted molar refractivity (Wildman–Crippen MR) is 77.8 cm³/mol. The van der Waals surface area contributed by atoms with Gasteiger partial charge in [0.2, 0.25) is 0 Å². The minimum absolute atomic E-state index is 0.0743. The zero-order valence-electron chi connectivity index (χ0n) is 11.9. The molecule has 108 valence electrons. The van der Waals surface area contributed by atoms with E-state index in [1.54, 1.807) is 18.2 Å². The van der Waals surface area contributed by atoms with E-state index in [-0.39, 0.29) is 17.7 Å². The Morgan fingerprint density at radius 2 is 2.10 bits per heavy atom. The molecule has 3 atom stereocenters. The lowest BCUT2D eigenvalue weighted by molar-refractivity contribution is 0.0913. The van der Waals surface area contributed by atoms with Gasteiger partial charge in [-0.25, -0.2) is 0 Å². The zero-order valence-corrected chi connectivity index (χ0v) is 11.9. The van der Waals surface area contributed by atoms with Crippen molar-refractivity contribution >= 4 is 5.91 Å². The molecule has 2 aliphatic rings. The number of benzene rings is 1. The fraction of sp³-hybridized carbons (Fsp3) is 0.562. The molecule has 1 unspecified atom stereocenters. The molecule has 1 saturated carbocycles. The monoisotopic (exact) mass is 274 g/mol. The van der Waals surface area contributed by atoms with Gasteiger partial charge in [-0.15, -0.1) is 0 Å². The van der Waals surface area contributed by atoms with Crippen LogP contribution in [0.25, 0.3) is 0 Å². The van der Waals surface area contributed by atoms with Gasteiger partial charge in [-0.2, -0.15) is 0 Å². The number of nitrogens with one attached hydrogen (secondary N) is 2. The Kier molecular flexibility index (Phi) is 3.66. The van der Waals surface area contributed by atoms with E-state index in [0.717, 1.165) is 37.4 Å². The topological polar surface area (TPSA) is 61.4 Å². The van der Waals surface area contributed by atoms with Crippen LogP contribution in [0.1, 0.15) is 35.2 Å². The van der Waals surface area contributed by atoms with Gasteiger partial charge in [-0.05, 0) is 68.8 Å². The molecule has 1 amide bonds. The largest absolute Gasteiger partial charge is 0.508 e. The third-order valence-electron chi connectivity index (χ3n) is 4.76. The number of phenolic OH excluding ortho intramolecular Hbond substituents is 1. The maximum Gasteiger partial charge on any atom is 0.251 e. The molecule has 1 aromatic carbocycles. The molecule has 1 aromatic rings. The fourth-order valence-electron chi connectivity index (χ4n) is 3.45. The van der Waals surface area contributed by atoms with Crippen molar-refractivity contribution in [2.75, 3.05) is 13.1 Å². The highest BCUT2D eigenvalue weighted by Gasteiger charge is 2.34. The summed E-state index contributed by atoms with van der Waals surface area (Å²) in [5, 5.41) is 16.2. The quantitative estimate of drug-likeness (QED) is 0.771. The molecule has 0 spiro atoms. The average molecular weight is 274 g/mol. The van der Waals surface area contributed by atoms with Crippen LogP contribution < -0.4 is 10.6 Å². The van der Waals surface area contributed by atoms with Crippen molar-refractivity contribution in [2.24, 2.45) is 11.8 Å². The van der Waals surface area contributed by atoms with Crippen molar-refractivity contribution in [1.82, 2.24) is 10.6 Å². The number of carbonyl (C=O) groups excluding carboxylic acids is 1. The van der Waals surface area contributed by atoms with Crippen molar-refractivity contribution in [2.45, 2.75) is 32.2 Å². The van der Waals surface area contributed by atoms with E-state index in [0.29, 0.717) is 11.5 Å². The summed E-state index contributed by atoms with van der Waals surface area (Å²) in [4.78, 5) is 12.2. The SMILES string of the molecule is Cc1ccc(C(=O)NC2CC[C@H]3CNC[C@H]3C2)cc1O. The number of rotatable bonds is 2. The molecule has 2 fully saturated rings. The van der Waals surface area contributed by atoms with Crippen molar-refractivity contribution in [3.8, 4) is 5.75 Å². The van der Waals surface area contributed by atoms with Crippen LogP contribution in [0.4, 0.5) is 0 Å².